The SMILES string of the molecule is O=C(O)N(Cc1ccccc1)C1CC(O)(c2ccccc2)C2CCN2C1=O. The van der Waals surface area contributed by atoms with Gasteiger partial charge in [0.05, 0.1) is 6.04 Å². The van der Waals surface area contributed by atoms with Crippen LogP contribution in [0.15, 0.2) is 60.7 Å². The number of fused-ring (bicyclic) bond motifs is 1. The third kappa shape index (κ3) is 2.96. The Kier molecular flexibility index (Phi) is 4.36. The quantitative estimate of drug-likeness (QED) is 0.871. The molecule has 0 bridgehead atoms. The fourth-order valence-electron chi connectivity index (χ4n) is 4.23. The molecular weight excluding hydrogens is 344 g/mol. The molecule has 2 aliphatic heterocycles. The van der Waals surface area contributed by atoms with Gasteiger partial charge in [0.1, 0.15) is 11.6 Å². The van der Waals surface area contributed by atoms with Gasteiger partial charge in [0, 0.05) is 19.5 Å². The Morgan fingerprint density at radius 2 is 1.74 bits per heavy atom. The molecule has 6 nitrogen and oxygen atoms in total. The second kappa shape index (κ2) is 6.70. The van der Waals surface area contributed by atoms with E-state index in [0.29, 0.717) is 6.54 Å². The molecule has 4 rings (SSSR count). The maximum absolute atomic E-state index is 13.0. The zero-order chi connectivity index (χ0) is 19.0. The van der Waals surface area contributed by atoms with Crippen molar-refractivity contribution in [2.24, 2.45) is 0 Å². The first-order valence-electron chi connectivity index (χ1n) is 9.12. The van der Waals surface area contributed by atoms with Crippen LogP contribution in [-0.2, 0) is 16.9 Å². The number of nitrogens with zero attached hydrogens (tertiary/aromatic N) is 2. The standard InChI is InChI=1S/C21H22N2O4/c24-19-17(23(20(25)26)14-15-7-3-1-4-8-15)13-21(27,18-11-12-22(18)19)16-9-5-2-6-10-16/h1-10,17-18,27H,11-14H2,(H,25,26). The monoisotopic (exact) mass is 366 g/mol. The number of benzene rings is 2. The van der Waals surface area contributed by atoms with Gasteiger partial charge in [-0.2, -0.15) is 0 Å². The van der Waals surface area contributed by atoms with Crippen LogP contribution in [0.25, 0.3) is 0 Å². The predicted octanol–water partition coefficient (Wildman–Crippen LogP) is 2.43. The molecule has 3 atom stereocenters. The molecular formula is C21H22N2O4. The van der Waals surface area contributed by atoms with Crippen molar-refractivity contribution in [3.63, 3.8) is 0 Å². The third-order valence-electron chi connectivity index (χ3n) is 5.73. The lowest BCUT2D eigenvalue weighted by molar-refractivity contribution is -0.181. The van der Waals surface area contributed by atoms with Crippen LogP contribution in [0.1, 0.15) is 24.0 Å². The van der Waals surface area contributed by atoms with Crippen molar-refractivity contribution in [1.29, 1.82) is 0 Å². The molecule has 0 aliphatic carbocycles. The first kappa shape index (κ1) is 17.5. The second-order valence-corrected chi connectivity index (χ2v) is 7.24. The second-order valence-electron chi connectivity index (χ2n) is 7.24. The van der Waals surface area contributed by atoms with E-state index in [-0.39, 0.29) is 24.9 Å². The minimum Gasteiger partial charge on any atom is -0.465 e. The van der Waals surface area contributed by atoms with Crippen LogP contribution in [0.2, 0.25) is 0 Å². The fraction of sp³-hybridized carbons (Fsp3) is 0.333. The summed E-state index contributed by atoms with van der Waals surface area (Å²) in [6, 6.07) is 17.2. The minimum atomic E-state index is -1.25. The normalized spacial score (nSPS) is 26.9. The van der Waals surface area contributed by atoms with Gasteiger partial charge in [-0.1, -0.05) is 60.7 Å². The summed E-state index contributed by atoms with van der Waals surface area (Å²) in [5.41, 5.74) is 0.284. The molecule has 2 saturated heterocycles. The molecule has 2 aliphatic rings. The van der Waals surface area contributed by atoms with Crippen molar-refractivity contribution in [2.45, 2.75) is 37.1 Å². The molecule has 0 radical (unpaired) electrons. The van der Waals surface area contributed by atoms with Crippen LogP contribution in [0, 0.1) is 0 Å². The van der Waals surface area contributed by atoms with Gasteiger partial charge in [-0.05, 0) is 17.5 Å². The number of hydrogen-bond acceptors (Lipinski definition) is 3. The van der Waals surface area contributed by atoms with Crippen molar-refractivity contribution in [3.8, 4) is 0 Å². The molecule has 0 saturated carbocycles. The maximum atomic E-state index is 13.0. The largest absolute Gasteiger partial charge is 0.465 e. The molecule has 2 fully saturated rings. The highest BCUT2D eigenvalue weighted by atomic mass is 16.4. The van der Waals surface area contributed by atoms with Gasteiger partial charge in [-0.15, -0.1) is 0 Å². The van der Waals surface area contributed by atoms with Crippen LogP contribution in [0.5, 0.6) is 0 Å². The van der Waals surface area contributed by atoms with Gasteiger partial charge in [-0.3, -0.25) is 9.69 Å². The van der Waals surface area contributed by atoms with E-state index in [1.807, 2.05) is 60.7 Å². The first-order valence-corrected chi connectivity index (χ1v) is 9.12. The molecule has 2 aromatic rings. The molecule has 3 unspecified atom stereocenters. The number of carboxylic acid groups (broad SMARTS) is 1. The molecule has 0 spiro atoms. The number of hydrogen-bond donors (Lipinski definition) is 2. The van der Waals surface area contributed by atoms with Crippen molar-refractivity contribution in [1.82, 2.24) is 9.80 Å². The Morgan fingerprint density at radius 3 is 2.30 bits per heavy atom. The van der Waals surface area contributed by atoms with Crippen molar-refractivity contribution in [2.75, 3.05) is 6.54 Å². The van der Waals surface area contributed by atoms with E-state index in [1.165, 1.54) is 0 Å². The van der Waals surface area contributed by atoms with Crippen molar-refractivity contribution < 1.29 is 19.8 Å². The highest BCUT2D eigenvalue weighted by Gasteiger charge is 2.57. The van der Waals surface area contributed by atoms with E-state index >= 15 is 0 Å². The average molecular weight is 366 g/mol. The summed E-state index contributed by atoms with van der Waals surface area (Å²) in [5, 5.41) is 21.3. The van der Waals surface area contributed by atoms with E-state index < -0.39 is 17.7 Å². The molecule has 140 valence electrons. The molecule has 0 aromatic heterocycles. The highest BCUT2D eigenvalue weighted by molar-refractivity contribution is 5.87. The number of carbonyl (C=O) groups is 2. The summed E-state index contributed by atoms with van der Waals surface area (Å²) in [7, 11) is 0. The smallest absolute Gasteiger partial charge is 0.408 e. The van der Waals surface area contributed by atoms with Crippen LogP contribution >= 0.6 is 0 Å². The van der Waals surface area contributed by atoms with Crippen molar-refractivity contribution in [3.05, 3.63) is 71.8 Å². The van der Waals surface area contributed by atoms with Gasteiger partial charge in [0.25, 0.3) is 0 Å². The van der Waals surface area contributed by atoms with Crippen molar-refractivity contribution >= 4 is 12.0 Å². The highest BCUT2D eigenvalue weighted by Crippen LogP contribution is 2.44. The molecule has 27 heavy (non-hydrogen) atoms. The van der Waals surface area contributed by atoms with E-state index in [1.54, 1.807) is 4.90 Å². The van der Waals surface area contributed by atoms with E-state index in [4.69, 9.17) is 0 Å². The van der Waals surface area contributed by atoms with E-state index in [9.17, 15) is 19.8 Å². The Bertz CT molecular complexity index is 842. The molecule has 2 heterocycles. The number of aliphatic hydroxyl groups is 1. The van der Waals surface area contributed by atoms with Gasteiger partial charge in [-0.25, -0.2) is 4.79 Å². The van der Waals surface area contributed by atoms with E-state index in [0.717, 1.165) is 22.4 Å². The van der Waals surface area contributed by atoms with Gasteiger partial charge >= 0.3 is 6.09 Å². The van der Waals surface area contributed by atoms with Crippen LogP contribution in [0.4, 0.5) is 4.79 Å². The summed E-state index contributed by atoms with van der Waals surface area (Å²) in [6.45, 7) is 0.657. The lowest BCUT2D eigenvalue weighted by Crippen LogP contribution is -2.71. The molecule has 2 aromatic carbocycles. The molecule has 2 amide bonds. The Hall–Kier alpha value is -2.86. The summed E-state index contributed by atoms with van der Waals surface area (Å²) < 4.78 is 0. The zero-order valence-corrected chi connectivity index (χ0v) is 14.9. The average Bonchev–Trinajstić information content (AvgIpc) is 2.64. The topological polar surface area (TPSA) is 81.1 Å². The Morgan fingerprint density at radius 1 is 1.11 bits per heavy atom. The summed E-state index contributed by atoms with van der Waals surface area (Å²) in [5.74, 6) is -0.217. The number of piperidine rings is 1. The zero-order valence-electron chi connectivity index (χ0n) is 14.9. The van der Waals surface area contributed by atoms with Crippen LogP contribution in [-0.4, -0.2) is 50.6 Å². The van der Waals surface area contributed by atoms with E-state index in [2.05, 4.69) is 0 Å². The Balaban J connectivity index is 1.68. The first-order chi connectivity index (χ1) is 13.0. The number of amides is 2. The lowest BCUT2D eigenvalue weighted by Gasteiger charge is -2.56. The summed E-state index contributed by atoms with van der Waals surface area (Å²) >= 11 is 0. The molecule has 2 N–H and O–H groups in total. The third-order valence-corrected chi connectivity index (χ3v) is 5.73. The van der Waals surface area contributed by atoms with Gasteiger partial charge in [0.15, 0.2) is 0 Å². The van der Waals surface area contributed by atoms with Gasteiger partial charge in [0.2, 0.25) is 5.91 Å². The van der Waals surface area contributed by atoms with Crippen LogP contribution in [0.3, 0.4) is 0 Å². The Labute approximate surface area is 157 Å². The predicted molar refractivity (Wildman–Crippen MR) is 98.9 cm³/mol. The fourth-order valence-corrected chi connectivity index (χ4v) is 4.23. The lowest BCUT2D eigenvalue weighted by atomic mass is 9.71. The van der Waals surface area contributed by atoms with Gasteiger partial charge < -0.3 is 15.1 Å². The number of carbonyl (C=O) groups excluding carboxylic acids is 1. The molecule has 6 heteroatoms. The van der Waals surface area contributed by atoms with Crippen LogP contribution < -0.4 is 0 Å². The minimum absolute atomic E-state index is 0.0656. The maximum Gasteiger partial charge on any atom is 0.408 e. The summed E-state index contributed by atoms with van der Waals surface area (Å²) in [6.07, 6.45) is -0.377. The number of rotatable bonds is 4. The summed E-state index contributed by atoms with van der Waals surface area (Å²) in [4.78, 5) is 27.7.